The molecule has 1 aromatic rings. The Hall–Kier alpha value is -1.56. The lowest BCUT2D eigenvalue weighted by Crippen LogP contribution is -2.32. The van der Waals surface area contributed by atoms with E-state index in [-0.39, 0.29) is 24.9 Å². The van der Waals surface area contributed by atoms with E-state index in [2.05, 4.69) is 21.2 Å². The second-order valence-corrected chi connectivity index (χ2v) is 5.50. The molecule has 0 radical (unpaired) electrons. The zero-order valence-electron chi connectivity index (χ0n) is 11.3. The second kappa shape index (κ2) is 8.58. The zero-order chi connectivity index (χ0) is 15.0. The third kappa shape index (κ3) is 7.13. The van der Waals surface area contributed by atoms with Crippen LogP contribution < -0.4 is 10.1 Å². The number of halogens is 1. The maximum atomic E-state index is 11.6. The van der Waals surface area contributed by atoms with Crippen molar-refractivity contribution in [3.8, 4) is 5.75 Å². The van der Waals surface area contributed by atoms with Crippen molar-refractivity contribution in [1.29, 1.82) is 0 Å². The molecule has 20 heavy (non-hydrogen) atoms. The highest BCUT2D eigenvalue weighted by Gasteiger charge is 2.08. The summed E-state index contributed by atoms with van der Waals surface area (Å²) in [4.78, 5) is 22.0. The number of amides is 1. The quantitative estimate of drug-likeness (QED) is 0.760. The zero-order valence-corrected chi connectivity index (χ0v) is 12.9. The number of hydrogen-bond donors (Lipinski definition) is 2. The predicted octanol–water partition coefficient (Wildman–Crippen LogP) is 2.45. The largest absolute Gasteiger partial charge is 0.484 e. The maximum Gasteiger partial charge on any atom is 0.303 e. The summed E-state index contributed by atoms with van der Waals surface area (Å²) in [5.41, 5.74) is 0. The number of carbonyl (C=O) groups excluding carboxylic acids is 1. The molecule has 0 aliphatic heterocycles. The minimum absolute atomic E-state index is 0.0535. The Morgan fingerprint density at radius 3 is 2.85 bits per heavy atom. The fraction of sp³-hybridized carbons (Fsp3) is 0.429. The van der Waals surface area contributed by atoms with Gasteiger partial charge in [-0.05, 0) is 30.5 Å². The summed E-state index contributed by atoms with van der Waals surface area (Å²) in [6.45, 7) is 2.30. The Balaban J connectivity index is 2.22. The monoisotopic (exact) mass is 343 g/mol. The highest BCUT2D eigenvalue weighted by atomic mass is 79.9. The molecule has 2 N–H and O–H groups in total. The van der Waals surface area contributed by atoms with Gasteiger partial charge in [0.15, 0.2) is 6.61 Å². The molecule has 1 amide bonds. The van der Waals surface area contributed by atoms with Crippen molar-refractivity contribution in [2.24, 2.45) is 5.92 Å². The van der Waals surface area contributed by atoms with Gasteiger partial charge in [-0.15, -0.1) is 0 Å². The SMILES string of the molecule is CC(CCC(=O)O)CNC(=O)COc1cccc(Br)c1. The van der Waals surface area contributed by atoms with E-state index in [4.69, 9.17) is 9.84 Å². The molecule has 110 valence electrons. The van der Waals surface area contributed by atoms with Gasteiger partial charge >= 0.3 is 5.97 Å². The van der Waals surface area contributed by atoms with Crippen molar-refractivity contribution < 1.29 is 19.4 Å². The van der Waals surface area contributed by atoms with Crippen molar-refractivity contribution in [1.82, 2.24) is 5.32 Å². The lowest BCUT2D eigenvalue weighted by molar-refractivity contribution is -0.137. The first kappa shape index (κ1) is 16.5. The van der Waals surface area contributed by atoms with E-state index in [0.717, 1.165) is 4.47 Å². The number of ether oxygens (including phenoxy) is 1. The fourth-order valence-electron chi connectivity index (χ4n) is 1.52. The van der Waals surface area contributed by atoms with E-state index >= 15 is 0 Å². The summed E-state index contributed by atoms with van der Waals surface area (Å²) in [5, 5.41) is 11.3. The van der Waals surface area contributed by atoms with Gasteiger partial charge in [-0.2, -0.15) is 0 Å². The average molecular weight is 344 g/mol. The molecule has 0 fully saturated rings. The Morgan fingerprint density at radius 2 is 2.20 bits per heavy atom. The van der Waals surface area contributed by atoms with Crippen molar-refractivity contribution in [2.45, 2.75) is 19.8 Å². The Labute approximate surface area is 126 Å². The molecule has 0 saturated carbocycles. The number of aliphatic carboxylic acids is 1. The smallest absolute Gasteiger partial charge is 0.303 e. The van der Waals surface area contributed by atoms with Crippen LogP contribution in [0, 0.1) is 5.92 Å². The number of carboxylic acids is 1. The molecular formula is C14H18BrNO4. The van der Waals surface area contributed by atoms with Crippen LogP contribution in [-0.4, -0.2) is 30.1 Å². The number of carbonyl (C=O) groups is 2. The van der Waals surface area contributed by atoms with Crippen molar-refractivity contribution in [2.75, 3.05) is 13.2 Å². The van der Waals surface area contributed by atoms with E-state index < -0.39 is 5.97 Å². The third-order valence-corrected chi connectivity index (χ3v) is 3.16. The Bertz CT molecular complexity index is 464. The summed E-state index contributed by atoms with van der Waals surface area (Å²) in [6, 6.07) is 7.25. The Morgan fingerprint density at radius 1 is 1.45 bits per heavy atom. The van der Waals surface area contributed by atoms with Crippen LogP contribution >= 0.6 is 15.9 Å². The second-order valence-electron chi connectivity index (χ2n) is 4.59. The average Bonchev–Trinajstić information content (AvgIpc) is 2.40. The first-order valence-corrected chi connectivity index (χ1v) is 7.13. The van der Waals surface area contributed by atoms with Crippen LogP contribution in [0.25, 0.3) is 0 Å². The number of carboxylic acid groups (broad SMARTS) is 1. The number of hydrogen-bond acceptors (Lipinski definition) is 3. The molecule has 1 atom stereocenters. The van der Waals surface area contributed by atoms with Gasteiger partial charge in [0.25, 0.3) is 5.91 Å². The van der Waals surface area contributed by atoms with Crippen LogP contribution in [0.4, 0.5) is 0 Å². The van der Waals surface area contributed by atoms with Gasteiger partial charge < -0.3 is 15.2 Å². The summed E-state index contributed by atoms with van der Waals surface area (Å²) < 4.78 is 6.23. The highest BCUT2D eigenvalue weighted by Crippen LogP contribution is 2.17. The predicted molar refractivity (Wildman–Crippen MR) is 78.7 cm³/mol. The lowest BCUT2D eigenvalue weighted by Gasteiger charge is -2.12. The molecule has 5 nitrogen and oxygen atoms in total. The molecule has 0 spiro atoms. The maximum absolute atomic E-state index is 11.6. The first-order valence-electron chi connectivity index (χ1n) is 6.34. The summed E-state index contributed by atoms with van der Waals surface area (Å²) in [6.07, 6.45) is 0.660. The van der Waals surface area contributed by atoms with Gasteiger partial charge in [-0.25, -0.2) is 0 Å². The third-order valence-electron chi connectivity index (χ3n) is 2.66. The van der Waals surface area contributed by atoms with Crippen LogP contribution in [0.1, 0.15) is 19.8 Å². The molecule has 0 aliphatic carbocycles. The van der Waals surface area contributed by atoms with E-state index in [1.54, 1.807) is 12.1 Å². The van der Waals surface area contributed by atoms with Gasteiger partial charge in [0.05, 0.1) is 0 Å². The molecule has 0 heterocycles. The summed E-state index contributed by atoms with van der Waals surface area (Å²) >= 11 is 3.32. The molecule has 1 unspecified atom stereocenters. The van der Waals surface area contributed by atoms with E-state index in [1.165, 1.54) is 0 Å². The van der Waals surface area contributed by atoms with Crippen molar-refractivity contribution >= 4 is 27.8 Å². The van der Waals surface area contributed by atoms with Crippen molar-refractivity contribution in [3.05, 3.63) is 28.7 Å². The van der Waals surface area contributed by atoms with Gasteiger partial charge in [0, 0.05) is 17.4 Å². The molecule has 1 rings (SSSR count). The molecule has 0 bridgehead atoms. The minimum atomic E-state index is -0.818. The molecule has 0 aliphatic rings. The molecule has 1 aromatic carbocycles. The Kier molecular flexibility index (Phi) is 7.08. The van der Waals surface area contributed by atoms with Crippen molar-refractivity contribution in [3.63, 3.8) is 0 Å². The molecule has 6 heteroatoms. The fourth-order valence-corrected chi connectivity index (χ4v) is 1.89. The van der Waals surface area contributed by atoms with Crippen LogP contribution in [0.15, 0.2) is 28.7 Å². The van der Waals surface area contributed by atoms with Gasteiger partial charge in [-0.1, -0.05) is 28.9 Å². The standard InChI is InChI=1S/C14H18BrNO4/c1-10(5-6-14(18)19)8-16-13(17)9-20-12-4-2-3-11(15)7-12/h2-4,7,10H,5-6,8-9H2,1H3,(H,16,17)(H,18,19). The van der Waals surface area contributed by atoms with E-state index in [0.29, 0.717) is 18.7 Å². The summed E-state index contributed by atoms with van der Waals surface area (Å²) in [5.74, 6) is -0.289. The normalized spacial score (nSPS) is 11.7. The number of rotatable bonds is 8. The van der Waals surface area contributed by atoms with Crippen LogP contribution in [0.5, 0.6) is 5.75 Å². The molecule has 0 saturated heterocycles. The lowest BCUT2D eigenvalue weighted by atomic mass is 10.1. The molecule has 0 aromatic heterocycles. The topological polar surface area (TPSA) is 75.6 Å². The highest BCUT2D eigenvalue weighted by molar-refractivity contribution is 9.10. The van der Waals surface area contributed by atoms with E-state index in [1.807, 2.05) is 19.1 Å². The van der Waals surface area contributed by atoms with Gasteiger partial charge in [-0.3, -0.25) is 9.59 Å². The van der Waals surface area contributed by atoms with Gasteiger partial charge in [0.2, 0.25) is 0 Å². The number of benzene rings is 1. The number of nitrogens with one attached hydrogen (secondary N) is 1. The van der Waals surface area contributed by atoms with Crippen LogP contribution in [0.3, 0.4) is 0 Å². The minimum Gasteiger partial charge on any atom is -0.484 e. The summed E-state index contributed by atoms with van der Waals surface area (Å²) in [7, 11) is 0. The van der Waals surface area contributed by atoms with Crippen LogP contribution in [0.2, 0.25) is 0 Å². The van der Waals surface area contributed by atoms with Gasteiger partial charge in [0.1, 0.15) is 5.75 Å². The van der Waals surface area contributed by atoms with E-state index in [9.17, 15) is 9.59 Å². The first-order chi connectivity index (χ1) is 9.47. The molecular weight excluding hydrogens is 326 g/mol. The van der Waals surface area contributed by atoms with Crippen LogP contribution in [-0.2, 0) is 9.59 Å².